The zero-order valence-corrected chi connectivity index (χ0v) is 8.12. The van der Waals surface area contributed by atoms with Gasteiger partial charge in [-0.15, -0.1) is 0 Å². The third-order valence-electron chi connectivity index (χ3n) is 2.65. The molecule has 0 aromatic heterocycles. The molecule has 0 spiro atoms. The van der Waals surface area contributed by atoms with E-state index in [1.54, 1.807) is 6.92 Å². The second-order valence-electron chi connectivity index (χ2n) is 3.92. The van der Waals surface area contributed by atoms with Crippen LogP contribution in [0.3, 0.4) is 0 Å². The van der Waals surface area contributed by atoms with Gasteiger partial charge in [-0.25, -0.2) is 0 Å². The number of aliphatic hydroxyl groups excluding tert-OH is 1. The first-order valence-electron chi connectivity index (χ1n) is 4.86. The van der Waals surface area contributed by atoms with Gasteiger partial charge in [0.2, 0.25) is 0 Å². The fourth-order valence-corrected chi connectivity index (χ4v) is 1.66. The summed E-state index contributed by atoms with van der Waals surface area (Å²) in [6.45, 7) is 2.06. The SMILES string of the molecule is CC(C#N)(CC1CCC1)OCCO. The summed E-state index contributed by atoms with van der Waals surface area (Å²) in [4.78, 5) is 0. The molecular weight excluding hydrogens is 166 g/mol. The first-order chi connectivity index (χ1) is 6.20. The molecule has 0 amide bonds. The van der Waals surface area contributed by atoms with Crippen LogP contribution >= 0.6 is 0 Å². The molecule has 1 N–H and O–H groups in total. The lowest BCUT2D eigenvalue weighted by Crippen LogP contribution is -2.33. The molecule has 0 aromatic rings. The fraction of sp³-hybridized carbons (Fsp3) is 0.900. The summed E-state index contributed by atoms with van der Waals surface area (Å²) in [5.41, 5.74) is -0.687. The molecular formula is C10H17NO2. The topological polar surface area (TPSA) is 53.2 Å². The predicted molar refractivity (Wildman–Crippen MR) is 49.0 cm³/mol. The van der Waals surface area contributed by atoms with Gasteiger partial charge in [-0.2, -0.15) is 5.26 Å². The van der Waals surface area contributed by atoms with Crippen LogP contribution in [0, 0.1) is 17.2 Å². The van der Waals surface area contributed by atoms with E-state index in [0.29, 0.717) is 5.92 Å². The Morgan fingerprint density at radius 2 is 2.31 bits per heavy atom. The van der Waals surface area contributed by atoms with Gasteiger partial charge in [0.25, 0.3) is 0 Å². The highest BCUT2D eigenvalue weighted by molar-refractivity contribution is 5.00. The number of ether oxygens (including phenoxy) is 1. The monoisotopic (exact) mass is 183 g/mol. The van der Waals surface area contributed by atoms with Crippen molar-refractivity contribution in [3.05, 3.63) is 0 Å². The maximum absolute atomic E-state index is 8.92. The molecule has 1 fully saturated rings. The molecule has 0 radical (unpaired) electrons. The van der Waals surface area contributed by atoms with Crippen LogP contribution < -0.4 is 0 Å². The Morgan fingerprint density at radius 1 is 1.62 bits per heavy atom. The highest BCUT2D eigenvalue weighted by Crippen LogP contribution is 2.34. The van der Waals surface area contributed by atoms with Crippen molar-refractivity contribution in [3.8, 4) is 6.07 Å². The fourth-order valence-electron chi connectivity index (χ4n) is 1.66. The Labute approximate surface area is 79.3 Å². The third kappa shape index (κ3) is 2.98. The van der Waals surface area contributed by atoms with Crippen molar-refractivity contribution < 1.29 is 9.84 Å². The number of rotatable bonds is 5. The Bertz CT molecular complexity index is 196. The summed E-state index contributed by atoms with van der Waals surface area (Å²) in [6.07, 6.45) is 4.54. The lowest BCUT2D eigenvalue weighted by Gasteiger charge is -2.32. The highest BCUT2D eigenvalue weighted by Gasteiger charge is 2.31. The van der Waals surface area contributed by atoms with Crippen LogP contribution in [-0.4, -0.2) is 23.9 Å². The van der Waals surface area contributed by atoms with Gasteiger partial charge in [-0.1, -0.05) is 19.3 Å². The average molecular weight is 183 g/mol. The molecule has 74 valence electrons. The molecule has 1 atom stereocenters. The van der Waals surface area contributed by atoms with E-state index < -0.39 is 5.60 Å². The Morgan fingerprint density at radius 3 is 2.69 bits per heavy atom. The quantitative estimate of drug-likeness (QED) is 0.702. The first-order valence-corrected chi connectivity index (χ1v) is 4.86. The molecule has 0 aromatic carbocycles. The van der Waals surface area contributed by atoms with Crippen LogP contribution in [0.5, 0.6) is 0 Å². The van der Waals surface area contributed by atoms with Crippen LogP contribution in [-0.2, 0) is 4.74 Å². The van der Waals surface area contributed by atoms with Crippen LogP contribution in [0.25, 0.3) is 0 Å². The predicted octanol–water partition coefficient (Wildman–Crippen LogP) is 1.47. The molecule has 1 unspecified atom stereocenters. The van der Waals surface area contributed by atoms with Crippen LogP contribution in [0.4, 0.5) is 0 Å². The molecule has 0 heterocycles. The molecule has 1 aliphatic carbocycles. The Kier molecular flexibility index (Phi) is 3.71. The minimum Gasteiger partial charge on any atom is -0.394 e. The molecule has 1 saturated carbocycles. The molecule has 13 heavy (non-hydrogen) atoms. The van der Waals surface area contributed by atoms with Crippen molar-refractivity contribution in [1.29, 1.82) is 5.26 Å². The van der Waals surface area contributed by atoms with Crippen molar-refractivity contribution >= 4 is 0 Å². The summed E-state index contributed by atoms with van der Waals surface area (Å²) in [7, 11) is 0. The molecule has 1 aliphatic rings. The summed E-state index contributed by atoms with van der Waals surface area (Å²) in [5.74, 6) is 0.656. The molecule has 1 rings (SSSR count). The van der Waals surface area contributed by atoms with Gasteiger partial charge < -0.3 is 9.84 Å². The van der Waals surface area contributed by atoms with Crippen LogP contribution in [0.2, 0.25) is 0 Å². The number of hydrogen-bond donors (Lipinski definition) is 1. The van der Waals surface area contributed by atoms with E-state index in [1.807, 2.05) is 0 Å². The van der Waals surface area contributed by atoms with Crippen molar-refractivity contribution in [2.24, 2.45) is 5.92 Å². The maximum atomic E-state index is 8.92. The second kappa shape index (κ2) is 4.59. The van der Waals surface area contributed by atoms with E-state index in [0.717, 1.165) is 6.42 Å². The van der Waals surface area contributed by atoms with Crippen molar-refractivity contribution in [2.75, 3.05) is 13.2 Å². The van der Waals surface area contributed by atoms with Crippen molar-refractivity contribution in [3.63, 3.8) is 0 Å². The van der Waals surface area contributed by atoms with Gasteiger partial charge in [0, 0.05) is 0 Å². The number of nitrogens with zero attached hydrogens (tertiary/aromatic N) is 1. The summed E-state index contributed by atoms with van der Waals surface area (Å²) in [6, 6.07) is 2.18. The van der Waals surface area contributed by atoms with Crippen molar-refractivity contribution in [2.45, 2.75) is 38.2 Å². The standard InChI is InChI=1S/C10H17NO2/c1-10(8-11,13-6-5-12)7-9-3-2-4-9/h9,12H,2-7H2,1H3. The third-order valence-corrected chi connectivity index (χ3v) is 2.65. The van der Waals surface area contributed by atoms with E-state index in [1.165, 1.54) is 19.3 Å². The number of nitriles is 1. The number of hydrogen-bond acceptors (Lipinski definition) is 3. The average Bonchev–Trinajstić information content (AvgIpc) is 2.08. The maximum Gasteiger partial charge on any atom is 0.151 e. The van der Waals surface area contributed by atoms with Gasteiger partial charge in [0.1, 0.15) is 0 Å². The number of aliphatic hydroxyl groups is 1. The van der Waals surface area contributed by atoms with E-state index in [-0.39, 0.29) is 13.2 Å². The summed E-state index contributed by atoms with van der Waals surface area (Å²) in [5, 5.41) is 17.5. The molecule has 3 heteroatoms. The molecule has 0 bridgehead atoms. The van der Waals surface area contributed by atoms with E-state index >= 15 is 0 Å². The van der Waals surface area contributed by atoms with Gasteiger partial charge in [-0.05, 0) is 19.3 Å². The minimum absolute atomic E-state index is 0.0120. The molecule has 3 nitrogen and oxygen atoms in total. The smallest absolute Gasteiger partial charge is 0.151 e. The van der Waals surface area contributed by atoms with Crippen LogP contribution in [0.1, 0.15) is 32.6 Å². The van der Waals surface area contributed by atoms with E-state index in [4.69, 9.17) is 15.1 Å². The zero-order valence-electron chi connectivity index (χ0n) is 8.12. The summed E-state index contributed by atoms with van der Waals surface area (Å²) < 4.78 is 5.32. The lowest BCUT2D eigenvalue weighted by molar-refractivity contribution is -0.0287. The second-order valence-corrected chi connectivity index (χ2v) is 3.92. The van der Waals surface area contributed by atoms with Gasteiger partial charge in [0.15, 0.2) is 5.60 Å². The largest absolute Gasteiger partial charge is 0.394 e. The normalized spacial score (nSPS) is 21.6. The lowest BCUT2D eigenvalue weighted by atomic mass is 9.78. The van der Waals surface area contributed by atoms with Crippen molar-refractivity contribution in [1.82, 2.24) is 0 Å². The van der Waals surface area contributed by atoms with Gasteiger partial charge in [0.05, 0.1) is 19.3 Å². The molecule has 0 saturated heterocycles. The molecule has 0 aliphatic heterocycles. The van der Waals surface area contributed by atoms with Gasteiger partial charge in [-0.3, -0.25) is 0 Å². The Hall–Kier alpha value is -0.590. The van der Waals surface area contributed by atoms with Crippen LogP contribution in [0.15, 0.2) is 0 Å². The zero-order chi connectivity index (χ0) is 9.73. The minimum atomic E-state index is -0.687. The van der Waals surface area contributed by atoms with E-state index in [9.17, 15) is 0 Å². The Balaban J connectivity index is 2.33. The van der Waals surface area contributed by atoms with Gasteiger partial charge >= 0.3 is 0 Å². The highest BCUT2D eigenvalue weighted by atomic mass is 16.5. The summed E-state index contributed by atoms with van der Waals surface area (Å²) >= 11 is 0. The first kappa shape index (κ1) is 10.5. The van der Waals surface area contributed by atoms with E-state index in [2.05, 4.69) is 6.07 Å².